The van der Waals surface area contributed by atoms with Gasteiger partial charge in [0.15, 0.2) is 11.6 Å². The molecule has 0 atom stereocenters. The van der Waals surface area contributed by atoms with Crippen molar-refractivity contribution < 1.29 is 9.53 Å². The molecular weight excluding hydrogens is 344 g/mol. The van der Waals surface area contributed by atoms with Crippen LogP contribution < -0.4 is 10.3 Å². The minimum Gasteiger partial charge on any atom is -0.486 e. The zero-order valence-electron chi connectivity index (χ0n) is 15.0. The molecule has 0 aliphatic heterocycles. The van der Waals surface area contributed by atoms with E-state index in [0.717, 1.165) is 5.52 Å². The summed E-state index contributed by atoms with van der Waals surface area (Å²) in [4.78, 5) is 24.0. The van der Waals surface area contributed by atoms with E-state index >= 15 is 0 Å². The number of aryl methyl sites for hydroxylation is 1. The lowest BCUT2D eigenvalue weighted by molar-refractivity contribution is 0.101. The predicted molar refractivity (Wildman–Crippen MR) is 101 cm³/mol. The first kappa shape index (κ1) is 17.0. The minimum absolute atomic E-state index is 0.00834. The lowest BCUT2D eigenvalue weighted by Gasteiger charge is -2.10. The van der Waals surface area contributed by atoms with Crippen LogP contribution in [0.1, 0.15) is 30.0 Å². The summed E-state index contributed by atoms with van der Waals surface area (Å²) >= 11 is 0. The van der Waals surface area contributed by atoms with Crippen molar-refractivity contribution in [3.63, 3.8) is 0 Å². The van der Waals surface area contributed by atoms with Crippen LogP contribution in [0.5, 0.6) is 5.75 Å². The van der Waals surface area contributed by atoms with Gasteiger partial charge in [-0.1, -0.05) is 12.1 Å². The van der Waals surface area contributed by atoms with E-state index in [4.69, 9.17) is 4.74 Å². The van der Waals surface area contributed by atoms with E-state index in [2.05, 4.69) is 10.2 Å². The maximum Gasteiger partial charge on any atom is 0.262 e. The molecular formula is C20H18N4O3. The van der Waals surface area contributed by atoms with Crippen LogP contribution in [0.4, 0.5) is 0 Å². The lowest BCUT2D eigenvalue weighted by atomic mass is 10.1. The number of Topliss-reactive ketones (excluding diaryl/α,β-unsaturated/α-hetero) is 1. The van der Waals surface area contributed by atoms with Gasteiger partial charge in [-0.2, -0.15) is 0 Å². The second-order valence-electron chi connectivity index (χ2n) is 6.19. The average Bonchev–Trinajstić information content (AvgIpc) is 3.11. The van der Waals surface area contributed by atoms with E-state index < -0.39 is 0 Å². The van der Waals surface area contributed by atoms with Crippen LogP contribution >= 0.6 is 0 Å². The molecule has 2 aromatic carbocycles. The zero-order chi connectivity index (χ0) is 19.0. The summed E-state index contributed by atoms with van der Waals surface area (Å²) in [7, 11) is 0. The number of fused-ring (bicyclic) bond motifs is 3. The van der Waals surface area contributed by atoms with E-state index in [1.54, 1.807) is 34.9 Å². The highest BCUT2D eigenvalue weighted by atomic mass is 16.5. The summed E-state index contributed by atoms with van der Waals surface area (Å²) in [5.74, 6) is 1.73. The molecule has 0 saturated heterocycles. The summed E-state index contributed by atoms with van der Waals surface area (Å²) in [6.07, 6.45) is 0. The number of carbonyl (C=O) groups is 1. The normalized spacial score (nSPS) is 11.2. The topological polar surface area (TPSA) is 78.5 Å². The van der Waals surface area contributed by atoms with E-state index in [1.807, 2.05) is 29.5 Å². The van der Waals surface area contributed by atoms with Crippen LogP contribution in [0.2, 0.25) is 0 Å². The SMILES string of the molecule is CCn1c(=O)c2ccccc2n2c(COc3ccc(C(C)=O)cc3)nnc12. The van der Waals surface area contributed by atoms with Gasteiger partial charge >= 0.3 is 0 Å². The molecule has 4 aromatic rings. The van der Waals surface area contributed by atoms with Crippen molar-refractivity contribution in [3.05, 3.63) is 70.3 Å². The van der Waals surface area contributed by atoms with Gasteiger partial charge in [0.1, 0.15) is 12.4 Å². The van der Waals surface area contributed by atoms with E-state index in [0.29, 0.717) is 34.8 Å². The van der Waals surface area contributed by atoms with Crippen LogP contribution in [0, 0.1) is 0 Å². The molecule has 7 nitrogen and oxygen atoms in total. The molecule has 0 amide bonds. The van der Waals surface area contributed by atoms with Gasteiger partial charge in [-0.3, -0.25) is 18.6 Å². The fraction of sp³-hybridized carbons (Fsp3) is 0.200. The van der Waals surface area contributed by atoms with E-state index in [9.17, 15) is 9.59 Å². The predicted octanol–water partition coefficient (Wildman–Crippen LogP) is 2.85. The number of carbonyl (C=O) groups excluding carboxylic acids is 1. The number of ether oxygens (including phenoxy) is 1. The van der Waals surface area contributed by atoms with Crippen molar-refractivity contribution in [1.82, 2.24) is 19.2 Å². The number of hydrogen-bond donors (Lipinski definition) is 0. The summed E-state index contributed by atoms with van der Waals surface area (Å²) in [6.45, 7) is 4.11. The molecule has 0 fully saturated rings. The zero-order valence-corrected chi connectivity index (χ0v) is 15.0. The standard InChI is InChI=1S/C20H18N4O3/c1-3-23-19(26)16-6-4-5-7-17(16)24-18(21-22-20(23)24)12-27-15-10-8-14(9-11-15)13(2)25/h4-11H,3,12H2,1-2H3. The number of benzene rings is 2. The van der Waals surface area contributed by atoms with Gasteiger partial charge < -0.3 is 4.74 Å². The summed E-state index contributed by atoms with van der Waals surface area (Å²) in [6, 6.07) is 14.3. The quantitative estimate of drug-likeness (QED) is 0.510. The molecule has 7 heteroatoms. The third-order valence-corrected chi connectivity index (χ3v) is 4.52. The molecule has 4 rings (SSSR count). The minimum atomic E-state index is -0.0831. The fourth-order valence-electron chi connectivity index (χ4n) is 3.13. The smallest absolute Gasteiger partial charge is 0.262 e. The summed E-state index contributed by atoms with van der Waals surface area (Å²) < 4.78 is 9.27. The highest BCUT2D eigenvalue weighted by Gasteiger charge is 2.15. The maximum atomic E-state index is 12.7. The average molecular weight is 362 g/mol. The largest absolute Gasteiger partial charge is 0.486 e. The van der Waals surface area contributed by atoms with E-state index in [-0.39, 0.29) is 17.9 Å². The molecule has 0 saturated carbocycles. The summed E-state index contributed by atoms with van der Waals surface area (Å²) in [5.41, 5.74) is 1.30. The molecule has 2 heterocycles. The van der Waals surface area contributed by atoms with Crippen LogP contribution in [0.3, 0.4) is 0 Å². The van der Waals surface area contributed by atoms with E-state index in [1.165, 1.54) is 6.92 Å². The molecule has 0 unspecified atom stereocenters. The van der Waals surface area contributed by atoms with Crippen molar-refractivity contribution in [1.29, 1.82) is 0 Å². The van der Waals surface area contributed by atoms with Crippen molar-refractivity contribution in [2.75, 3.05) is 0 Å². The molecule has 0 bridgehead atoms. The maximum absolute atomic E-state index is 12.7. The monoisotopic (exact) mass is 362 g/mol. The molecule has 0 radical (unpaired) electrons. The van der Waals surface area contributed by atoms with Gasteiger partial charge in [0.2, 0.25) is 5.78 Å². The van der Waals surface area contributed by atoms with Crippen LogP contribution in [-0.4, -0.2) is 24.9 Å². The third kappa shape index (κ3) is 2.87. The number of nitrogens with zero attached hydrogens (tertiary/aromatic N) is 4. The van der Waals surface area contributed by atoms with Gasteiger partial charge in [-0.15, -0.1) is 10.2 Å². The summed E-state index contributed by atoms with van der Waals surface area (Å²) in [5, 5.41) is 9.04. The number of para-hydroxylation sites is 1. The van der Waals surface area contributed by atoms with Crippen molar-refractivity contribution in [2.45, 2.75) is 27.0 Å². The van der Waals surface area contributed by atoms with Gasteiger partial charge in [0.25, 0.3) is 5.56 Å². The second kappa shape index (κ2) is 6.68. The Kier molecular flexibility index (Phi) is 4.19. The lowest BCUT2D eigenvalue weighted by Crippen LogP contribution is -2.22. The molecule has 0 aliphatic carbocycles. The van der Waals surface area contributed by atoms with Crippen LogP contribution in [-0.2, 0) is 13.2 Å². The van der Waals surface area contributed by atoms with Crippen molar-refractivity contribution in [3.8, 4) is 5.75 Å². The molecule has 0 aliphatic rings. The fourth-order valence-corrected chi connectivity index (χ4v) is 3.13. The molecule has 136 valence electrons. The Hall–Kier alpha value is -3.48. The number of aromatic nitrogens is 4. The number of rotatable bonds is 5. The van der Waals surface area contributed by atoms with Crippen LogP contribution in [0.25, 0.3) is 16.7 Å². The first-order chi connectivity index (χ1) is 13.1. The molecule has 0 N–H and O–H groups in total. The third-order valence-electron chi connectivity index (χ3n) is 4.52. The Morgan fingerprint density at radius 2 is 1.81 bits per heavy atom. The molecule has 0 spiro atoms. The highest BCUT2D eigenvalue weighted by Crippen LogP contribution is 2.17. The van der Waals surface area contributed by atoms with Crippen molar-refractivity contribution >= 4 is 22.5 Å². The Bertz CT molecular complexity index is 1210. The number of hydrogen-bond acceptors (Lipinski definition) is 5. The Labute approximate surface area is 154 Å². The molecule has 2 aromatic heterocycles. The first-order valence-corrected chi connectivity index (χ1v) is 8.69. The second-order valence-corrected chi connectivity index (χ2v) is 6.19. The van der Waals surface area contributed by atoms with Crippen molar-refractivity contribution in [2.24, 2.45) is 0 Å². The van der Waals surface area contributed by atoms with Gasteiger partial charge in [0.05, 0.1) is 10.9 Å². The van der Waals surface area contributed by atoms with Gasteiger partial charge in [0, 0.05) is 12.1 Å². The molecule has 27 heavy (non-hydrogen) atoms. The number of ketones is 1. The van der Waals surface area contributed by atoms with Crippen LogP contribution in [0.15, 0.2) is 53.3 Å². The Balaban J connectivity index is 1.75. The Morgan fingerprint density at radius 1 is 1.07 bits per heavy atom. The first-order valence-electron chi connectivity index (χ1n) is 8.69. The highest BCUT2D eigenvalue weighted by molar-refractivity contribution is 5.94. The Morgan fingerprint density at radius 3 is 2.52 bits per heavy atom. The van der Waals surface area contributed by atoms with Gasteiger partial charge in [-0.25, -0.2) is 0 Å². The van der Waals surface area contributed by atoms with Gasteiger partial charge in [-0.05, 0) is 50.2 Å².